The number of benzene rings is 2. The second-order valence-corrected chi connectivity index (χ2v) is 10.3. The number of ether oxygens (including phenoxy) is 2. The lowest BCUT2D eigenvalue weighted by Gasteiger charge is -2.48. The number of morpholine rings is 1. The van der Waals surface area contributed by atoms with Gasteiger partial charge in [-0.15, -0.1) is 11.3 Å². The summed E-state index contributed by atoms with van der Waals surface area (Å²) in [6.45, 7) is 4.71. The van der Waals surface area contributed by atoms with Crippen molar-refractivity contribution in [3.05, 3.63) is 42.2 Å². The quantitative estimate of drug-likeness (QED) is 0.423. The van der Waals surface area contributed by atoms with Gasteiger partial charge in [0.2, 0.25) is 0 Å². The Hall–Kier alpha value is -3.01. The van der Waals surface area contributed by atoms with Gasteiger partial charge < -0.3 is 24.6 Å². The first-order chi connectivity index (χ1) is 16.5. The molecule has 9 heteroatoms. The fourth-order valence-corrected chi connectivity index (χ4v) is 5.63. The van der Waals surface area contributed by atoms with Gasteiger partial charge >= 0.3 is 0 Å². The van der Waals surface area contributed by atoms with E-state index in [2.05, 4.69) is 69.3 Å². The van der Waals surface area contributed by atoms with E-state index in [1.165, 1.54) is 0 Å². The summed E-state index contributed by atoms with van der Waals surface area (Å²) < 4.78 is 13.5. The van der Waals surface area contributed by atoms with Crippen LogP contribution in [0.2, 0.25) is 0 Å². The summed E-state index contributed by atoms with van der Waals surface area (Å²) in [5.41, 5.74) is 5.80. The van der Waals surface area contributed by atoms with Crippen molar-refractivity contribution >= 4 is 49.6 Å². The zero-order valence-corrected chi connectivity index (χ0v) is 20.4. The number of piperidine rings is 1. The lowest BCUT2D eigenvalue weighted by atomic mass is 9.98. The second kappa shape index (κ2) is 8.65. The second-order valence-electron chi connectivity index (χ2n) is 9.43. The molecule has 0 aliphatic carbocycles. The van der Waals surface area contributed by atoms with E-state index in [1.54, 1.807) is 17.7 Å². The van der Waals surface area contributed by atoms with Crippen molar-refractivity contribution in [2.24, 2.45) is 0 Å². The van der Waals surface area contributed by atoms with Crippen molar-refractivity contribution in [3.63, 3.8) is 0 Å². The Morgan fingerprint density at radius 3 is 2.76 bits per heavy atom. The highest BCUT2D eigenvalue weighted by atomic mass is 32.1. The van der Waals surface area contributed by atoms with E-state index < -0.39 is 0 Å². The van der Waals surface area contributed by atoms with Crippen molar-refractivity contribution in [3.8, 4) is 5.75 Å². The minimum Gasteiger partial charge on any atom is -0.488 e. The van der Waals surface area contributed by atoms with Crippen molar-refractivity contribution in [2.75, 3.05) is 43.9 Å². The monoisotopic (exact) mass is 476 g/mol. The van der Waals surface area contributed by atoms with E-state index in [9.17, 15) is 0 Å². The highest BCUT2D eigenvalue weighted by molar-refractivity contribution is 7.16. The van der Waals surface area contributed by atoms with Gasteiger partial charge in [-0.2, -0.15) is 0 Å². The Balaban J connectivity index is 1.40. The number of rotatable bonds is 7. The maximum atomic E-state index is 6.52. The van der Waals surface area contributed by atoms with Crippen LogP contribution < -0.4 is 15.0 Å². The number of hydrogen-bond acceptors (Lipinski definition) is 9. The van der Waals surface area contributed by atoms with Crippen LogP contribution >= 0.6 is 11.3 Å². The molecule has 4 aromatic rings. The normalized spacial score (nSPS) is 20.5. The molecule has 2 aromatic heterocycles. The third-order valence-electron chi connectivity index (χ3n) is 6.35. The fourth-order valence-electron chi connectivity index (χ4n) is 4.91. The van der Waals surface area contributed by atoms with Gasteiger partial charge in [0, 0.05) is 43.5 Å². The summed E-state index contributed by atoms with van der Waals surface area (Å²) in [7, 11) is 4.11. The molecule has 0 spiro atoms. The minimum atomic E-state index is 0.00754. The molecule has 3 aliphatic heterocycles. The van der Waals surface area contributed by atoms with Crippen LogP contribution in [0.5, 0.6) is 5.75 Å². The van der Waals surface area contributed by atoms with Crippen LogP contribution in [0.25, 0.3) is 21.1 Å². The summed E-state index contributed by atoms with van der Waals surface area (Å²) in [6.07, 6.45) is 3.44. The number of anilines is 3. The zero-order chi connectivity index (χ0) is 23.2. The first kappa shape index (κ1) is 21.5. The Bertz CT molecular complexity index is 1330. The van der Waals surface area contributed by atoms with Crippen LogP contribution in [0.15, 0.2) is 42.2 Å². The molecule has 176 valence electrons. The number of thiazole rings is 1. The van der Waals surface area contributed by atoms with E-state index in [4.69, 9.17) is 9.47 Å². The molecule has 3 fully saturated rings. The highest BCUT2D eigenvalue weighted by Gasteiger charge is 2.38. The average Bonchev–Trinajstić information content (AvgIpc) is 3.26. The van der Waals surface area contributed by atoms with Crippen LogP contribution in [-0.4, -0.2) is 71.9 Å². The molecule has 0 radical (unpaired) electrons. The number of fused-ring (bicyclic) bond motifs is 4. The molecule has 7 rings (SSSR count). The van der Waals surface area contributed by atoms with E-state index in [0.29, 0.717) is 12.2 Å². The molecule has 3 saturated heterocycles. The largest absolute Gasteiger partial charge is 0.488 e. The van der Waals surface area contributed by atoms with E-state index in [-0.39, 0.29) is 6.10 Å². The third-order valence-corrected chi connectivity index (χ3v) is 7.15. The number of hydrogen-bond donors (Lipinski definition) is 1. The standard InChI is InChI=1S/C25H28N6O2S/c1-15(10-30(2)3)32-22-8-17(31-11-18-9-19(12-31)33-18)7-21-24(22)25(27-13-26-21)29-16-4-5-20-23(6-16)34-14-28-20/h4-8,13-15,18-19H,9-12H2,1-3H3,(H,26,27,29)/t15-,18?,19?/m1/s1. The topological polar surface area (TPSA) is 75.6 Å². The Kier molecular flexibility index (Phi) is 5.47. The number of nitrogens with zero attached hydrogens (tertiary/aromatic N) is 5. The Morgan fingerprint density at radius 2 is 1.97 bits per heavy atom. The highest BCUT2D eigenvalue weighted by Crippen LogP contribution is 2.39. The van der Waals surface area contributed by atoms with Gasteiger partial charge in [0.1, 0.15) is 24.0 Å². The van der Waals surface area contributed by atoms with Gasteiger partial charge in [-0.3, -0.25) is 0 Å². The molecule has 2 unspecified atom stereocenters. The molecule has 2 bridgehead atoms. The summed E-state index contributed by atoms with van der Waals surface area (Å²) in [4.78, 5) is 18.1. The van der Waals surface area contributed by atoms with E-state index in [0.717, 1.165) is 70.1 Å². The van der Waals surface area contributed by atoms with Gasteiger partial charge in [-0.05, 0) is 45.3 Å². The van der Waals surface area contributed by atoms with Gasteiger partial charge in [0.15, 0.2) is 0 Å². The van der Waals surface area contributed by atoms with E-state index in [1.807, 2.05) is 17.6 Å². The molecule has 0 amide bonds. The van der Waals surface area contributed by atoms with Gasteiger partial charge in [0.25, 0.3) is 0 Å². The summed E-state index contributed by atoms with van der Waals surface area (Å²) >= 11 is 1.63. The maximum Gasteiger partial charge on any atom is 0.145 e. The molecular weight excluding hydrogens is 448 g/mol. The number of likely N-dealkylation sites (N-methyl/N-ethyl adjacent to an activating group) is 1. The maximum absolute atomic E-state index is 6.52. The molecule has 0 saturated carbocycles. The molecule has 34 heavy (non-hydrogen) atoms. The average molecular weight is 477 g/mol. The first-order valence-corrected chi connectivity index (χ1v) is 12.5. The predicted molar refractivity (Wildman–Crippen MR) is 137 cm³/mol. The number of nitrogens with one attached hydrogen (secondary N) is 1. The zero-order valence-electron chi connectivity index (χ0n) is 19.6. The Morgan fingerprint density at radius 1 is 1.15 bits per heavy atom. The molecule has 1 N–H and O–H groups in total. The summed E-state index contributed by atoms with van der Waals surface area (Å²) in [6, 6.07) is 10.4. The lowest BCUT2D eigenvalue weighted by Crippen LogP contribution is -2.57. The first-order valence-electron chi connectivity index (χ1n) is 11.6. The molecule has 3 atom stereocenters. The third kappa shape index (κ3) is 4.15. The van der Waals surface area contributed by atoms with Crippen molar-refractivity contribution < 1.29 is 9.47 Å². The summed E-state index contributed by atoms with van der Waals surface area (Å²) in [5.74, 6) is 1.53. The smallest absolute Gasteiger partial charge is 0.145 e. The molecular formula is C25H28N6O2S. The van der Waals surface area contributed by atoms with Crippen molar-refractivity contribution in [1.82, 2.24) is 19.9 Å². The predicted octanol–water partition coefficient (Wildman–Crippen LogP) is 4.29. The molecule has 2 aromatic carbocycles. The van der Waals surface area contributed by atoms with Crippen LogP contribution in [0.3, 0.4) is 0 Å². The van der Waals surface area contributed by atoms with Crippen LogP contribution in [0.1, 0.15) is 13.3 Å². The van der Waals surface area contributed by atoms with Crippen molar-refractivity contribution in [1.29, 1.82) is 0 Å². The van der Waals surface area contributed by atoms with Crippen LogP contribution in [0.4, 0.5) is 17.2 Å². The summed E-state index contributed by atoms with van der Waals surface area (Å²) in [5, 5.41) is 4.39. The van der Waals surface area contributed by atoms with Crippen LogP contribution in [-0.2, 0) is 4.74 Å². The van der Waals surface area contributed by atoms with Gasteiger partial charge in [-0.25, -0.2) is 15.0 Å². The minimum absolute atomic E-state index is 0.00754. The molecule has 8 nitrogen and oxygen atoms in total. The lowest BCUT2D eigenvalue weighted by molar-refractivity contribution is -0.133. The van der Waals surface area contributed by atoms with Crippen LogP contribution in [0, 0.1) is 0 Å². The SMILES string of the molecule is C[C@H](CN(C)C)Oc1cc(N2CC3CC(C2)O3)cc2ncnc(Nc3ccc4ncsc4c3)c12. The van der Waals surface area contributed by atoms with E-state index >= 15 is 0 Å². The molecule has 3 aliphatic rings. The Labute approximate surface area is 202 Å². The number of aromatic nitrogens is 3. The van der Waals surface area contributed by atoms with Gasteiger partial charge in [0.05, 0.1) is 38.8 Å². The molecule has 5 heterocycles. The fraction of sp³-hybridized carbons (Fsp3) is 0.400. The van der Waals surface area contributed by atoms with Crippen molar-refractivity contribution in [2.45, 2.75) is 31.7 Å². The van der Waals surface area contributed by atoms with Gasteiger partial charge in [-0.1, -0.05) is 0 Å².